The van der Waals surface area contributed by atoms with Gasteiger partial charge in [0.25, 0.3) is 0 Å². The van der Waals surface area contributed by atoms with E-state index in [0.717, 1.165) is 12.1 Å². The van der Waals surface area contributed by atoms with E-state index < -0.39 is 34.8 Å². The van der Waals surface area contributed by atoms with Gasteiger partial charge in [0.1, 0.15) is 11.9 Å². The first-order chi connectivity index (χ1) is 15.9. The van der Waals surface area contributed by atoms with E-state index in [4.69, 9.17) is 0 Å². The van der Waals surface area contributed by atoms with Crippen molar-refractivity contribution < 1.29 is 36.5 Å². The van der Waals surface area contributed by atoms with Crippen molar-refractivity contribution in [2.75, 3.05) is 19.7 Å². The van der Waals surface area contributed by atoms with Crippen LogP contribution in [0.2, 0.25) is 0 Å². The number of hydrogen-bond acceptors (Lipinski definition) is 7. The fraction of sp³-hybridized carbons (Fsp3) is 0.333. The van der Waals surface area contributed by atoms with Gasteiger partial charge in [0.05, 0.1) is 18.0 Å². The summed E-state index contributed by atoms with van der Waals surface area (Å²) in [5.74, 6) is -0.739. The van der Waals surface area contributed by atoms with Gasteiger partial charge in [0.15, 0.2) is 5.65 Å². The number of nitrogens with zero attached hydrogens (tertiary/aromatic N) is 4. The molecule has 1 fully saturated rings. The molecule has 0 aliphatic carbocycles. The van der Waals surface area contributed by atoms with Crippen LogP contribution in [0.15, 0.2) is 48.0 Å². The van der Waals surface area contributed by atoms with Crippen LogP contribution < -0.4 is 4.74 Å². The SMILES string of the molecule is C=C(C)S(=O)(=O)N1CC(c2nn(-c3ccc(OC(F)(F)F)cc3)c3nccc([C@H](O)CO)c23)C1. The van der Waals surface area contributed by atoms with E-state index in [2.05, 4.69) is 21.4 Å². The zero-order valence-corrected chi connectivity index (χ0v) is 18.7. The Hall–Kier alpha value is -3.00. The highest BCUT2D eigenvalue weighted by Crippen LogP contribution is 2.37. The van der Waals surface area contributed by atoms with Gasteiger partial charge >= 0.3 is 6.36 Å². The topological polar surface area (TPSA) is 118 Å². The first-order valence-electron chi connectivity index (χ1n) is 10.1. The fourth-order valence-corrected chi connectivity index (χ4v) is 4.94. The molecule has 2 N–H and O–H groups in total. The highest BCUT2D eigenvalue weighted by molar-refractivity contribution is 7.93. The zero-order chi connectivity index (χ0) is 24.8. The Kier molecular flexibility index (Phi) is 6.14. The number of aliphatic hydroxyl groups excluding tert-OH is 2. The molecule has 34 heavy (non-hydrogen) atoms. The summed E-state index contributed by atoms with van der Waals surface area (Å²) in [6.45, 7) is 4.59. The van der Waals surface area contributed by atoms with Crippen molar-refractivity contribution in [1.29, 1.82) is 0 Å². The van der Waals surface area contributed by atoms with E-state index in [9.17, 15) is 31.8 Å². The van der Waals surface area contributed by atoms with Crippen molar-refractivity contribution in [2.24, 2.45) is 0 Å². The fourth-order valence-electron chi connectivity index (χ4n) is 3.75. The molecule has 4 rings (SSSR count). The standard InChI is InChI=1S/C21H21F3N4O5S/c1-12(2)34(31,32)27-9-13(10-27)19-18-16(17(30)11-29)7-8-25-20(18)28(26-19)14-3-5-15(6-4-14)33-21(22,23)24/h3-8,13,17,29-30H,1,9-11H2,2H3/t17-/m1/s1. The first kappa shape index (κ1) is 24.1. The lowest BCUT2D eigenvalue weighted by atomic mass is 9.94. The second-order valence-corrected chi connectivity index (χ2v) is 10.0. The van der Waals surface area contributed by atoms with E-state index >= 15 is 0 Å². The summed E-state index contributed by atoms with van der Waals surface area (Å²) in [6.07, 6.45) is -4.65. The lowest BCUT2D eigenvalue weighted by Crippen LogP contribution is -2.48. The quantitative estimate of drug-likeness (QED) is 0.514. The molecule has 9 nitrogen and oxygen atoms in total. The van der Waals surface area contributed by atoms with Crippen molar-refractivity contribution in [3.8, 4) is 11.4 Å². The van der Waals surface area contributed by atoms with Gasteiger partial charge in [-0.1, -0.05) is 6.58 Å². The van der Waals surface area contributed by atoms with E-state index in [1.54, 1.807) is 0 Å². The van der Waals surface area contributed by atoms with Crippen LogP contribution in [0, 0.1) is 0 Å². The number of rotatable bonds is 7. The molecule has 13 heteroatoms. The summed E-state index contributed by atoms with van der Waals surface area (Å²) in [5, 5.41) is 24.9. The molecule has 1 atom stereocenters. The molecule has 0 unspecified atom stereocenters. The Morgan fingerprint density at radius 2 is 1.91 bits per heavy atom. The molecule has 1 aromatic carbocycles. The van der Waals surface area contributed by atoms with Crippen LogP contribution in [0.1, 0.15) is 30.2 Å². The summed E-state index contributed by atoms with van der Waals surface area (Å²) in [4.78, 5) is 4.34. The van der Waals surface area contributed by atoms with E-state index in [1.807, 2.05) is 0 Å². The van der Waals surface area contributed by atoms with Gasteiger partial charge in [-0.05, 0) is 42.8 Å². The number of benzene rings is 1. The number of allylic oxidation sites excluding steroid dienone is 1. The Morgan fingerprint density at radius 1 is 1.26 bits per heavy atom. The van der Waals surface area contributed by atoms with Crippen LogP contribution in [0.3, 0.4) is 0 Å². The van der Waals surface area contributed by atoms with Crippen molar-refractivity contribution in [3.05, 3.63) is 59.3 Å². The minimum Gasteiger partial charge on any atom is -0.406 e. The second kappa shape index (κ2) is 8.65. The molecule has 1 saturated heterocycles. The number of ether oxygens (including phenoxy) is 1. The maximum Gasteiger partial charge on any atom is 0.573 e. The van der Waals surface area contributed by atoms with Crippen molar-refractivity contribution >= 4 is 21.1 Å². The molecule has 182 valence electrons. The van der Waals surface area contributed by atoms with Gasteiger partial charge in [0, 0.05) is 35.5 Å². The van der Waals surface area contributed by atoms with Gasteiger partial charge < -0.3 is 14.9 Å². The summed E-state index contributed by atoms with van der Waals surface area (Å²) in [6, 6.07) is 6.53. The molecular formula is C21H21F3N4O5S. The largest absolute Gasteiger partial charge is 0.573 e. The molecular weight excluding hydrogens is 477 g/mol. The summed E-state index contributed by atoms with van der Waals surface area (Å²) in [7, 11) is -3.64. The molecule has 3 heterocycles. The zero-order valence-electron chi connectivity index (χ0n) is 17.9. The number of alkyl halides is 3. The third-order valence-corrected chi connectivity index (χ3v) is 7.35. The predicted molar refractivity (Wildman–Crippen MR) is 116 cm³/mol. The lowest BCUT2D eigenvalue weighted by Gasteiger charge is -2.37. The molecule has 0 amide bonds. The molecule has 0 radical (unpaired) electrons. The maximum absolute atomic E-state index is 12.5. The van der Waals surface area contributed by atoms with E-state index in [-0.39, 0.29) is 23.9 Å². The third kappa shape index (κ3) is 4.39. The summed E-state index contributed by atoms with van der Waals surface area (Å²) < 4.78 is 68.7. The minimum atomic E-state index is -4.83. The Balaban J connectivity index is 1.77. The second-order valence-electron chi connectivity index (χ2n) is 7.86. The Bertz CT molecular complexity index is 1330. The molecule has 0 spiro atoms. The predicted octanol–water partition coefficient (Wildman–Crippen LogP) is 2.61. The van der Waals surface area contributed by atoms with Gasteiger partial charge in [-0.25, -0.2) is 18.1 Å². The van der Waals surface area contributed by atoms with Crippen LogP contribution in [-0.4, -0.2) is 63.8 Å². The molecule has 2 aromatic heterocycles. The highest BCUT2D eigenvalue weighted by Gasteiger charge is 2.40. The molecule has 1 aliphatic heterocycles. The normalized spacial score (nSPS) is 16.4. The van der Waals surface area contributed by atoms with Crippen LogP contribution in [0.5, 0.6) is 5.75 Å². The molecule has 0 saturated carbocycles. The van der Waals surface area contributed by atoms with Gasteiger partial charge in [0.2, 0.25) is 10.0 Å². The summed E-state index contributed by atoms with van der Waals surface area (Å²) >= 11 is 0. The number of fused-ring (bicyclic) bond motifs is 1. The average molecular weight is 498 g/mol. The van der Waals surface area contributed by atoms with E-state index in [1.165, 1.54) is 40.3 Å². The number of aliphatic hydroxyl groups is 2. The number of hydrogen-bond donors (Lipinski definition) is 2. The smallest absolute Gasteiger partial charge is 0.406 e. The van der Waals surface area contributed by atoms with Crippen LogP contribution in [-0.2, 0) is 10.0 Å². The van der Waals surface area contributed by atoms with Gasteiger partial charge in [-0.3, -0.25) is 0 Å². The Labute approximate surface area is 192 Å². The van der Waals surface area contributed by atoms with Crippen molar-refractivity contribution in [1.82, 2.24) is 19.1 Å². The number of aromatic nitrogens is 3. The summed E-state index contributed by atoms with van der Waals surface area (Å²) in [5.41, 5.74) is 1.48. The molecule has 3 aromatic rings. The lowest BCUT2D eigenvalue weighted by molar-refractivity contribution is -0.274. The van der Waals surface area contributed by atoms with Crippen molar-refractivity contribution in [2.45, 2.75) is 25.3 Å². The molecule has 1 aliphatic rings. The monoisotopic (exact) mass is 498 g/mol. The molecule has 0 bridgehead atoms. The van der Waals surface area contributed by atoms with Gasteiger partial charge in [-0.15, -0.1) is 13.2 Å². The van der Waals surface area contributed by atoms with Gasteiger partial charge in [-0.2, -0.15) is 9.40 Å². The number of sulfonamides is 1. The van der Waals surface area contributed by atoms with Crippen LogP contribution in [0.4, 0.5) is 13.2 Å². The minimum absolute atomic E-state index is 0.0144. The third-order valence-electron chi connectivity index (χ3n) is 5.49. The Morgan fingerprint density at radius 3 is 2.47 bits per heavy atom. The highest BCUT2D eigenvalue weighted by atomic mass is 32.2. The van der Waals surface area contributed by atoms with E-state index in [0.29, 0.717) is 28.0 Å². The van der Waals surface area contributed by atoms with Crippen molar-refractivity contribution in [3.63, 3.8) is 0 Å². The first-order valence-corrected chi connectivity index (χ1v) is 11.5. The number of pyridine rings is 1. The maximum atomic E-state index is 12.5. The van der Waals surface area contributed by atoms with Crippen LogP contribution >= 0.6 is 0 Å². The number of halogens is 3. The van der Waals surface area contributed by atoms with Crippen LogP contribution in [0.25, 0.3) is 16.7 Å². The average Bonchev–Trinajstić information content (AvgIpc) is 3.10.